The largest absolute Gasteiger partial charge is 0.501 e. The topological polar surface area (TPSA) is 18.5 Å². The van der Waals surface area contributed by atoms with Crippen LogP contribution in [-0.2, 0) is 4.74 Å². The maximum atomic E-state index is 5.32. The van der Waals surface area contributed by atoms with Gasteiger partial charge in [-0.1, -0.05) is 25.5 Å². The first kappa shape index (κ1) is 11.6. The van der Waals surface area contributed by atoms with Gasteiger partial charge in [-0.2, -0.15) is 0 Å². The molecule has 1 aromatic carbocycles. The standard InChI is InChI=1S/C13H18O2/c1-3-4-10-15-11-9-12-5-7-13(14-2)8-6-12/h5-9,11H,3-4,10H2,1-2H3/b11-9+. The van der Waals surface area contributed by atoms with Gasteiger partial charge in [-0.15, -0.1) is 0 Å². The summed E-state index contributed by atoms with van der Waals surface area (Å²) in [5.74, 6) is 0.874. The molecular weight excluding hydrogens is 188 g/mol. The van der Waals surface area contributed by atoms with Crippen LogP contribution in [0.4, 0.5) is 0 Å². The third-order valence-electron chi connectivity index (χ3n) is 2.09. The second kappa shape index (κ2) is 6.93. The van der Waals surface area contributed by atoms with Crippen LogP contribution in [0.2, 0.25) is 0 Å². The van der Waals surface area contributed by atoms with E-state index < -0.39 is 0 Å². The minimum Gasteiger partial charge on any atom is -0.501 e. The van der Waals surface area contributed by atoms with Crippen LogP contribution >= 0.6 is 0 Å². The number of hydrogen-bond donors (Lipinski definition) is 0. The molecule has 0 aromatic heterocycles. The third-order valence-corrected chi connectivity index (χ3v) is 2.09. The molecule has 2 heteroatoms. The van der Waals surface area contributed by atoms with Gasteiger partial charge in [0.1, 0.15) is 5.75 Å². The molecule has 0 fully saturated rings. The van der Waals surface area contributed by atoms with Gasteiger partial charge in [-0.3, -0.25) is 0 Å². The molecular formula is C13H18O2. The first-order chi connectivity index (χ1) is 7.36. The van der Waals surface area contributed by atoms with Crippen LogP contribution in [-0.4, -0.2) is 13.7 Å². The van der Waals surface area contributed by atoms with Crippen molar-refractivity contribution < 1.29 is 9.47 Å². The Balaban J connectivity index is 2.36. The smallest absolute Gasteiger partial charge is 0.118 e. The predicted molar refractivity (Wildman–Crippen MR) is 62.9 cm³/mol. The van der Waals surface area contributed by atoms with Crippen LogP contribution in [0.25, 0.3) is 6.08 Å². The van der Waals surface area contributed by atoms with E-state index >= 15 is 0 Å². The predicted octanol–water partition coefficient (Wildman–Crippen LogP) is 3.48. The molecule has 0 aliphatic rings. The van der Waals surface area contributed by atoms with E-state index in [0.29, 0.717) is 0 Å². The van der Waals surface area contributed by atoms with E-state index in [0.717, 1.165) is 30.8 Å². The van der Waals surface area contributed by atoms with Crippen LogP contribution in [0.15, 0.2) is 30.5 Å². The molecule has 0 saturated heterocycles. The van der Waals surface area contributed by atoms with Gasteiger partial charge in [0.15, 0.2) is 0 Å². The summed E-state index contributed by atoms with van der Waals surface area (Å²) in [7, 11) is 1.67. The molecule has 2 nitrogen and oxygen atoms in total. The molecule has 1 aromatic rings. The molecule has 0 amide bonds. The highest BCUT2D eigenvalue weighted by Crippen LogP contribution is 2.12. The average molecular weight is 206 g/mol. The van der Waals surface area contributed by atoms with Crippen molar-refractivity contribution in [1.29, 1.82) is 0 Å². The van der Waals surface area contributed by atoms with Gasteiger partial charge in [0.25, 0.3) is 0 Å². The van der Waals surface area contributed by atoms with Crippen molar-refractivity contribution in [3.63, 3.8) is 0 Å². The van der Waals surface area contributed by atoms with Gasteiger partial charge in [-0.05, 0) is 30.2 Å². The van der Waals surface area contributed by atoms with E-state index in [1.54, 1.807) is 13.4 Å². The summed E-state index contributed by atoms with van der Waals surface area (Å²) >= 11 is 0. The minimum atomic E-state index is 0.795. The fourth-order valence-corrected chi connectivity index (χ4v) is 1.14. The lowest BCUT2D eigenvalue weighted by molar-refractivity contribution is 0.246. The zero-order valence-corrected chi connectivity index (χ0v) is 9.40. The summed E-state index contributed by atoms with van der Waals surface area (Å²) in [6, 6.07) is 7.87. The first-order valence-corrected chi connectivity index (χ1v) is 5.29. The van der Waals surface area contributed by atoms with Crippen LogP contribution in [0, 0.1) is 0 Å². The maximum absolute atomic E-state index is 5.32. The fourth-order valence-electron chi connectivity index (χ4n) is 1.14. The van der Waals surface area contributed by atoms with Crippen molar-refractivity contribution in [2.75, 3.05) is 13.7 Å². The fraction of sp³-hybridized carbons (Fsp3) is 0.385. The Morgan fingerprint density at radius 1 is 1.20 bits per heavy atom. The number of benzene rings is 1. The van der Waals surface area contributed by atoms with Gasteiger partial charge in [0.05, 0.1) is 20.0 Å². The molecule has 0 unspecified atom stereocenters. The van der Waals surface area contributed by atoms with E-state index in [2.05, 4.69) is 6.92 Å². The summed E-state index contributed by atoms with van der Waals surface area (Å²) in [4.78, 5) is 0. The van der Waals surface area contributed by atoms with Gasteiger partial charge < -0.3 is 9.47 Å². The molecule has 1 rings (SSSR count). The Morgan fingerprint density at radius 2 is 1.93 bits per heavy atom. The first-order valence-electron chi connectivity index (χ1n) is 5.29. The van der Waals surface area contributed by atoms with Gasteiger partial charge >= 0.3 is 0 Å². The van der Waals surface area contributed by atoms with E-state index in [-0.39, 0.29) is 0 Å². The van der Waals surface area contributed by atoms with Crippen molar-refractivity contribution >= 4 is 6.08 Å². The highest BCUT2D eigenvalue weighted by molar-refractivity contribution is 5.49. The van der Waals surface area contributed by atoms with E-state index in [9.17, 15) is 0 Å². The van der Waals surface area contributed by atoms with E-state index in [4.69, 9.17) is 9.47 Å². The summed E-state index contributed by atoms with van der Waals surface area (Å²) in [6.07, 6.45) is 5.97. The molecule has 15 heavy (non-hydrogen) atoms. The number of rotatable bonds is 6. The Morgan fingerprint density at radius 3 is 2.53 bits per heavy atom. The van der Waals surface area contributed by atoms with Crippen molar-refractivity contribution in [3.8, 4) is 5.75 Å². The number of hydrogen-bond acceptors (Lipinski definition) is 2. The van der Waals surface area contributed by atoms with Crippen LogP contribution in [0.1, 0.15) is 25.3 Å². The number of unbranched alkanes of at least 4 members (excludes halogenated alkanes) is 1. The van der Waals surface area contributed by atoms with Crippen molar-refractivity contribution in [3.05, 3.63) is 36.1 Å². The lowest BCUT2D eigenvalue weighted by atomic mass is 10.2. The second-order valence-corrected chi connectivity index (χ2v) is 3.30. The minimum absolute atomic E-state index is 0.795. The lowest BCUT2D eigenvalue weighted by Crippen LogP contribution is -1.85. The highest BCUT2D eigenvalue weighted by atomic mass is 16.5. The molecule has 0 aliphatic carbocycles. The van der Waals surface area contributed by atoms with Crippen LogP contribution in [0.3, 0.4) is 0 Å². The van der Waals surface area contributed by atoms with Crippen molar-refractivity contribution in [2.45, 2.75) is 19.8 Å². The Hall–Kier alpha value is -1.44. The highest BCUT2D eigenvalue weighted by Gasteiger charge is 1.89. The second-order valence-electron chi connectivity index (χ2n) is 3.30. The van der Waals surface area contributed by atoms with E-state index in [1.807, 2.05) is 30.3 Å². The molecule has 0 aliphatic heterocycles. The van der Waals surface area contributed by atoms with Crippen LogP contribution < -0.4 is 4.74 Å². The van der Waals surface area contributed by atoms with Gasteiger partial charge in [0.2, 0.25) is 0 Å². The van der Waals surface area contributed by atoms with Crippen LogP contribution in [0.5, 0.6) is 5.75 Å². The van der Waals surface area contributed by atoms with Crippen molar-refractivity contribution in [2.24, 2.45) is 0 Å². The lowest BCUT2D eigenvalue weighted by Gasteiger charge is -2.00. The molecule has 0 atom stereocenters. The molecule has 82 valence electrons. The number of ether oxygens (including phenoxy) is 2. The Kier molecular flexibility index (Phi) is 5.38. The van der Waals surface area contributed by atoms with Crippen molar-refractivity contribution in [1.82, 2.24) is 0 Å². The molecule has 0 spiro atoms. The van der Waals surface area contributed by atoms with Gasteiger partial charge in [0, 0.05) is 0 Å². The SMILES string of the molecule is CCCCO/C=C/c1ccc(OC)cc1. The zero-order valence-electron chi connectivity index (χ0n) is 9.40. The third kappa shape index (κ3) is 4.54. The average Bonchev–Trinajstić information content (AvgIpc) is 2.30. The molecule has 0 N–H and O–H groups in total. The van der Waals surface area contributed by atoms with Gasteiger partial charge in [-0.25, -0.2) is 0 Å². The number of methoxy groups -OCH3 is 1. The molecule has 0 heterocycles. The summed E-state index contributed by atoms with van der Waals surface area (Å²) in [6.45, 7) is 2.94. The maximum Gasteiger partial charge on any atom is 0.118 e. The molecule has 0 bridgehead atoms. The zero-order chi connectivity index (χ0) is 10.9. The quantitative estimate of drug-likeness (QED) is 0.524. The monoisotopic (exact) mass is 206 g/mol. The summed E-state index contributed by atoms with van der Waals surface area (Å²) in [5.41, 5.74) is 1.12. The normalized spacial score (nSPS) is 10.5. The Bertz CT molecular complexity index is 288. The Labute approximate surface area is 91.5 Å². The summed E-state index contributed by atoms with van der Waals surface area (Å²) < 4.78 is 10.4. The van der Waals surface area contributed by atoms with E-state index in [1.165, 1.54) is 0 Å². The summed E-state index contributed by atoms with van der Waals surface area (Å²) in [5, 5.41) is 0. The molecule has 0 radical (unpaired) electrons. The molecule has 0 saturated carbocycles.